The molecule has 0 bridgehead atoms. The zero-order valence-corrected chi connectivity index (χ0v) is 12.2. The number of nitrogens with zero attached hydrogens (tertiary/aromatic N) is 3. The number of urea groups is 1. The SMILES string of the molecule is CC1CC(N2CCC(N3CCN(C)C3=O)CC2)C(=O)O1. The van der Waals surface area contributed by atoms with Gasteiger partial charge in [0.1, 0.15) is 12.1 Å². The topological polar surface area (TPSA) is 53.1 Å². The van der Waals surface area contributed by atoms with Crippen LogP contribution in [0.4, 0.5) is 4.79 Å². The van der Waals surface area contributed by atoms with Gasteiger partial charge in [-0.25, -0.2) is 4.79 Å². The number of likely N-dealkylation sites (N-methyl/N-ethyl adjacent to an activating group) is 1. The first-order valence-corrected chi connectivity index (χ1v) is 7.52. The number of carbonyl (C=O) groups is 2. The minimum absolute atomic E-state index is 0.0408. The summed E-state index contributed by atoms with van der Waals surface area (Å²) in [6.45, 7) is 5.37. The Hall–Kier alpha value is -1.30. The molecule has 112 valence electrons. The van der Waals surface area contributed by atoms with E-state index in [9.17, 15) is 9.59 Å². The van der Waals surface area contributed by atoms with Gasteiger partial charge in [-0.05, 0) is 19.8 Å². The van der Waals surface area contributed by atoms with Crippen molar-refractivity contribution >= 4 is 12.0 Å². The van der Waals surface area contributed by atoms with Crippen LogP contribution in [-0.2, 0) is 9.53 Å². The number of hydrogen-bond acceptors (Lipinski definition) is 4. The number of esters is 1. The van der Waals surface area contributed by atoms with E-state index in [1.54, 1.807) is 4.90 Å². The minimum atomic E-state index is -0.0760. The number of rotatable bonds is 2. The van der Waals surface area contributed by atoms with E-state index in [1.165, 1.54) is 0 Å². The number of carbonyl (C=O) groups excluding carboxylic acids is 2. The quantitative estimate of drug-likeness (QED) is 0.693. The summed E-state index contributed by atoms with van der Waals surface area (Å²) in [6, 6.07) is 0.416. The van der Waals surface area contributed by atoms with E-state index in [1.807, 2.05) is 18.9 Å². The van der Waals surface area contributed by atoms with Gasteiger partial charge in [-0.3, -0.25) is 9.69 Å². The Morgan fingerprint density at radius 3 is 2.30 bits per heavy atom. The van der Waals surface area contributed by atoms with E-state index in [0.29, 0.717) is 6.04 Å². The molecule has 3 rings (SSSR count). The van der Waals surface area contributed by atoms with E-state index >= 15 is 0 Å². The Morgan fingerprint density at radius 2 is 1.80 bits per heavy atom. The summed E-state index contributed by atoms with van der Waals surface area (Å²) in [6.07, 6.45) is 2.75. The maximum atomic E-state index is 12.0. The van der Waals surface area contributed by atoms with Gasteiger partial charge < -0.3 is 14.5 Å². The molecular weight excluding hydrogens is 258 g/mol. The normalized spacial score (nSPS) is 33.1. The van der Waals surface area contributed by atoms with Gasteiger partial charge in [-0.15, -0.1) is 0 Å². The standard InChI is InChI=1S/C14H23N3O3/c1-10-9-12(13(18)20-10)16-5-3-11(4-6-16)17-8-7-15(2)14(17)19/h10-12H,3-9H2,1-2H3. The molecule has 6 nitrogen and oxygen atoms in total. The van der Waals surface area contributed by atoms with Crippen molar-refractivity contribution in [3.8, 4) is 0 Å². The summed E-state index contributed by atoms with van der Waals surface area (Å²) in [5.41, 5.74) is 0. The number of piperidine rings is 1. The van der Waals surface area contributed by atoms with Crippen LogP contribution in [0.5, 0.6) is 0 Å². The predicted octanol–water partition coefficient (Wildman–Crippen LogP) is 0.522. The maximum absolute atomic E-state index is 12.0. The Balaban J connectivity index is 1.55. The van der Waals surface area contributed by atoms with E-state index in [-0.39, 0.29) is 24.1 Å². The average molecular weight is 281 g/mol. The van der Waals surface area contributed by atoms with Crippen LogP contribution in [0, 0.1) is 0 Å². The van der Waals surface area contributed by atoms with Crippen molar-refractivity contribution in [2.45, 2.75) is 44.4 Å². The number of likely N-dealkylation sites (tertiary alicyclic amines) is 1. The lowest BCUT2D eigenvalue weighted by Gasteiger charge is -2.37. The number of amides is 2. The van der Waals surface area contributed by atoms with Crippen LogP contribution in [0.2, 0.25) is 0 Å². The highest BCUT2D eigenvalue weighted by molar-refractivity contribution is 5.78. The second-order valence-electron chi connectivity index (χ2n) is 6.16. The molecule has 3 aliphatic rings. The van der Waals surface area contributed by atoms with Gasteiger partial charge in [0, 0.05) is 45.7 Å². The zero-order valence-electron chi connectivity index (χ0n) is 12.2. The third-order valence-electron chi connectivity index (χ3n) is 4.77. The molecule has 6 heteroatoms. The van der Waals surface area contributed by atoms with Crippen molar-refractivity contribution in [2.24, 2.45) is 0 Å². The zero-order chi connectivity index (χ0) is 14.3. The van der Waals surface area contributed by atoms with Crippen LogP contribution in [0.3, 0.4) is 0 Å². The van der Waals surface area contributed by atoms with Crippen LogP contribution >= 0.6 is 0 Å². The lowest BCUT2D eigenvalue weighted by molar-refractivity contribution is -0.145. The smallest absolute Gasteiger partial charge is 0.323 e. The fourth-order valence-corrected chi connectivity index (χ4v) is 3.55. The molecule has 0 saturated carbocycles. The van der Waals surface area contributed by atoms with Crippen LogP contribution in [0.25, 0.3) is 0 Å². The van der Waals surface area contributed by atoms with Gasteiger partial charge in [-0.2, -0.15) is 0 Å². The van der Waals surface area contributed by atoms with E-state index in [2.05, 4.69) is 4.90 Å². The predicted molar refractivity (Wildman–Crippen MR) is 73.3 cm³/mol. The lowest BCUT2D eigenvalue weighted by Crippen LogP contribution is -2.50. The molecule has 3 aliphatic heterocycles. The molecule has 2 atom stereocenters. The molecular formula is C14H23N3O3. The highest BCUT2D eigenvalue weighted by Gasteiger charge is 2.40. The summed E-state index contributed by atoms with van der Waals surface area (Å²) in [4.78, 5) is 29.8. The van der Waals surface area contributed by atoms with Gasteiger partial charge in [-0.1, -0.05) is 0 Å². The van der Waals surface area contributed by atoms with Crippen molar-refractivity contribution in [3.63, 3.8) is 0 Å². The van der Waals surface area contributed by atoms with Gasteiger partial charge in [0.2, 0.25) is 0 Å². The van der Waals surface area contributed by atoms with Crippen molar-refractivity contribution in [3.05, 3.63) is 0 Å². The first kappa shape index (κ1) is 13.7. The van der Waals surface area contributed by atoms with Crippen LogP contribution in [0.1, 0.15) is 26.2 Å². The summed E-state index contributed by atoms with van der Waals surface area (Å²) < 4.78 is 5.23. The monoisotopic (exact) mass is 281 g/mol. The highest BCUT2D eigenvalue weighted by atomic mass is 16.6. The van der Waals surface area contributed by atoms with Crippen LogP contribution < -0.4 is 0 Å². The molecule has 3 fully saturated rings. The van der Waals surface area contributed by atoms with Gasteiger partial charge in [0.15, 0.2) is 0 Å². The molecule has 0 aromatic heterocycles. The third kappa shape index (κ3) is 2.37. The Morgan fingerprint density at radius 1 is 1.10 bits per heavy atom. The summed E-state index contributed by atoms with van der Waals surface area (Å²) in [5.74, 6) is -0.0760. The first-order valence-electron chi connectivity index (χ1n) is 7.52. The summed E-state index contributed by atoms with van der Waals surface area (Å²) in [7, 11) is 1.85. The van der Waals surface area contributed by atoms with E-state index in [4.69, 9.17) is 4.74 Å². The van der Waals surface area contributed by atoms with Gasteiger partial charge in [0.05, 0.1) is 0 Å². The third-order valence-corrected chi connectivity index (χ3v) is 4.77. The molecule has 0 radical (unpaired) electrons. The number of ether oxygens (including phenoxy) is 1. The molecule has 3 saturated heterocycles. The molecule has 0 aromatic rings. The molecule has 3 heterocycles. The molecule has 2 unspecified atom stereocenters. The summed E-state index contributed by atoms with van der Waals surface area (Å²) in [5, 5.41) is 0. The largest absolute Gasteiger partial charge is 0.461 e. The first-order chi connectivity index (χ1) is 9.56. The lowest BCUT2D eigenvalue weighted by atomic mass is 10.0. The number of hydrogen-bond donors (Lipinski definition) is 0. The molecule has 2 amide bonds. The van der Waals surface area contributed by atoms with Crippen LogP contribution in [0.15, 0.2) is 0 Å². The maximum Gasteiger partial charge on any atom is 0.323 e. The van der Waals surface area contributed by atoms with E-state index < -0.39 is 0 Å². The Kier molecular flexibility index (Phi) is 3.58. The Labute approximate surface area is 119 Å². The molecule has 20 heavy (non-hydrogen) atoms. The van der Waals surface area contributed by atoms with E-state index in [0.717, 1.165) is 45.4 Å². The molecule has 0 aromatic carbocycles. The average Bonchev–Trinajstić information content (AvgIpc) is 2.94. The summed E-state index contributed by atoms with van der Waals surface area (Å²) >= 11 is 0. The number of cyclic esters (lactones) is 1. The van der Waals surface area contributed by atoms with Crippen molar-refractivity contribution in [2.75, 3.05) is 33.2 Å². The van der Waals surface area contributed by atoms with Gasteiger partial charge in [0.25, 0.3) is 0 Å². The molecule has 0 spiro atoms. The van der Waals surface area contributed by atoms with Crippen LogP contribution in [-0.4, -0.2) is 78.1 Å². The van der Waals surface area contributed by atoms with Gasteiger partial charge >= 0.3 is 12.0 Å². The second kappa shape index (κ2) is 5.24. The molecule has 0 N–H and O–H groups in total. The Bertz CT molecular complexity index is 396. The minimum Gasteiger partial charge on any atom is -0.461 e. The molecule has 0 aliphatic carbocycles. The highest BCUT2D eigenvalue weighted by Crippen LogP contribution is 2.26. The van der Waals surface area contributed by atoms with Crippen molar-refractivity contribution in [1.82, 2.24) is 14.7 Å². The fourth-order valence-electron chi connectivity index (χ4n) is 3.55. The fraction of sp³-hybridized carbons (Fsp3) is 0.857. The van der Waals surface area contributed by atoms with Crippen molar-refractivity contribution < 1.29 is 14.3 Å². The second-order valence-corrected chi connectivity index (χ2v) is 6.16. The van der Waals surface area contributed by atoms with Crippen molar-refractivity contribution in [1.29, 1.82) is 0 Å².